The molecule has 0 aliphatic carbocycles. The zero-order valence-electron chi connectivity index (χ0n) is 20.5. The number of carbonyl (C=O) groups excluding carboxylic acids is 1. The number of aryl methyl sites for hydroxylation is 1. The van der Waals surface area contributed by atoms with Crippen molar-refractivity contribution in [2.24, 2.45) is 0 Å². The van der Waals surface area contributed by atoms with E-state index in [9.17, 15) is 4.79 Å². The van der Waals surface area contributed by atoms with Gasteiger partial charge in [-0.25, -0.2) is 4.98 Å². The van der Waals surface area contributed by atoms with E-state index in [0.29, 0.717) is 25.5 Å². The zero-order valence-corrected chi connectivity index (χ0v) is 20.5. The molecule has 1 aromatic heterocycles. The summed E-state index contributed by atoms with van der Waals surface area (Å²) >= 11 is 0. The Kier molecular flexibility index (Phi) is 10.6. The predicted octanol–water partition coefficient (Wildman–Crippen LogP) is 5.96. The van der Waals surface area contributed by atoms with E-state index in [1.54, 1.807) is 0 Å². The van der Waals surface area contributed by atoms with Crippen molar-refractivity contribution < 1.29 is 14.3 Å². The van der Waals surface area contributed by atoms with E-state index in [0.717, 1.165) is 38.3 Å². The number of fused-ring (bicyclic) bond motifs is 1. The number of ether oxygens (including phenoxy) is 2. The van der Waals surface area contributed by atoms with E-state index >= 15 is 0 Å². The first-order valence-electron chi connectivity index (χ1n) is 12.8. The first-order valence-corrected chi connectivity index (χ1v) is 12.8. The minimum atomic E-state index is -0.129. The van der Waals surface area contributed by atoms with Gasteiger partial charge in [-0.05, 0) is 43.5 Å². The first-order chi connectivity index (χ1) is 16.2. The van der Waals surface area contributed by atoms with Gasteiger partial charge in [0.25, 0.3) is 0 Å². The molecule has 0 spiro atoms. The summed E-state index contributed by atoms with van der Waals surface area (Å²) in [7, 11) is 0. The molecule has 33 heavy (non-hydrogen) atoms. The number of carbonyl (C=O) groups is 1. The van der Waals surface area contributed by atoms with E-state index in [1.807, 2.05) is 25.6 Å². The number of benzene rings is 1. The Morgan fingerprint density at radius 3 is 2.67 bits per heavy atom. The molecule has 0 fully saturated rings. The Bertz CT molecular complexity index is 822. The van der Waals surface area contributed by atoms with Gasteiger partial charge in [-0.15, -0.1) is 0 Å². The summed E-state index contributed by atoms with van der Waals surface area (Å²) < 4.78 is 13.4. The van der Waals surface area contributed by atoms with Crippen molar-refractivity contribution >= 4 is 11.7 Å². The van der Waals surface area contributed by atoms with Gasteiger partial charge >= 0.3 is 5.97 Å². The fourth-order valence-electron chi connectivity index (χ4n) is 4.59. The van der Waals surface area contributed by atoms with E-state index in [1.165, 1.54) is 49.8 Å². The lowest BCUT2D eigenvalue weighted by Gasteiger charge is -2.19. The van der Waals surface area contributed by atoms with E-state index in [-0.39, 0.29) is 5.97 Å². The van der Waals surface area contributed by atoms with Crippen molar-refractivity contribution in [3.8, 4) is 5.75 Å². The smallest absolute Gasteiger partial charge is 0.307 e. The Labute approximate surface area is 199 Å². The van der Waals surface area contributed by atoms with Crippen LogP contribution in [0.4, 0.5) is 5.69 Å². The van der Waals surface area contributed by atoms with Crippen LogP contribution in [0.5, 0.6) is 5.75 Å². The fraction of sp³-hybridized carbons (Fsp3) is 0.630. The molecule has 6 nitrogen and oxygen atoms in total. The Hall–Kier alpha value is -2.50. The monoisotopic (exact) mass is 455 g/mol. The van der Waals surface area contributed by atoms with Gasteiger partial charge in [-0.2, -0.15) is 0 Å². The van der Waals surface area contributed by atoms with Crippen molar-refractivity contribution in [3.63, 3.8) is 0 Å². The molecule has 2 aromatic rings. The predicted molar refractivity (Wildman–Crippen MR) is 133 cm³/mol. The van der Waals surface area contributed by atoms with Crippen LogP contribution in [0.1, 0.15) is 83.1 Å². The van der Waals surface area contributed by atoms with Crippen LogP contribution in [0.3, 0.4) is 0 Å². The molecule has 0 N–H and O–H groups in total. The SMILES string of the molecule is CCCCCCCCCOc1ccc2c(c1)C(CCn1ccnc1)CN2CCC(=O)OCC. The van der Waals surface area contributed by atoms with E-state index in [2.05, 4.69) is 39.6 Å². The van der Waals surface area contributed by atoms with E-state index < -0.39 is 0 Å². The van der Waals surface area contributed by atoms with Gasteiger partial charge in [-0.3, -0.25) is 4.79 Å². The van der Waals surface area contributed by atoms with Gasteiger partial charge in [0, 0.05) is 43.6 Å². The maximum Gasteiger partial charge on any atom is 0.307 e. The number of imidazole rings is 1. The van der Waals surface area contributed by atoms with Crippen LogP contribution in [0.15, 0.2) is 36.9 Å². The van der Waals surface area contributed by atoms with Crippen LogP contribution >= 0.6 is 0 Å². The van der Waals surface area contributed by atoms with Crippen molar-refractivity contribution in [1.29, 1.82) is 0 Å². The van der Waals surface area contributed by atoms with Crippen LogP contribution in [0.25, 0.3) is 0 Å². The third-order valence-electron chi connectivity index (χ3n) is 6.42. The van der Waals surface area contributed by atoms with Crippen molar-refractivity contribution in [2.75, 3.05) is 31.2 Å². The topological polar surface area (TPSA) is 56.6 Å². The van der Waals surface area contributed by atoms with Crippen LogP contribution in [-0.4, -0.2) is 41.8 Å². The Morgan fingerprint density at radius 1 is 1.09 bits per heavy atom. The van der Waals surface area contributed by atoms with Crippen molar-refractivity contribution in [2.45, 2.75) is 84.1 Å². The molecule has 0 bridgehead atoms. The van der Waals surface area contributed by atoms with Gasteiger partial charge in [-0.1, -0.05) is 45.4 Å². The average Bonchev–Trinajstić information content (AvgIpc) is 3.46. The molecule has 3 rings (SSSR count). The summed E-state index contributed by atoms with van der Waals surface area (Å²) in [6.07, 6.45) is 16.1. The minimum Gasteiger partial charge on any atom is -0.494 e. The molecule has 0 radical (unpaired) electrons. The quantitative estimate of drug-likeness (QED) is 0.231. The lowest BCUT2D eigenvalue weighted by Crippen LogP contribution is -2.25. The summed E-state index contributed by atoms with van der Waals surface area (Å²) in [5, 5.41) is 0. The number of nitrogens with zero attached hydrogens (tertiary/aromatic N) is 3. The third kappa shape index (κ3) is 8.09. The van der Waals surface area contributed by atoms with Gasteiger partial charge in [0.2, 0.25) is 0 Å². The van der Waals surface area contributed by atoms with Crippen molar-refractivity contribution in [3.05, 3.63) is 42.5 Å². The highest BCUT2D eigenvalue weighted by Crippen LogP contribution is 2.40. The van der Waals surface area contributed by atoms with Gasteiger partial charge in [0.05, 0.1) is 26.0 Å². The summed E-state index contributed by atoms with van der Waals surface area (Å²) in [5.41, 5.74) is 2.55. The number of esters is 1. The molecular formula is C27H41N3O3. The summed E-state index contributed by atoms with van der Waals surface area (Å²) in [5.74, 6) is 1.24. The summed E-state index contributed by atoms with van der Waals surface area (Å²) in [6, 6.07) is 6.47. The number of unbranched alkanes of at least 4 members (excludes halogenated alkanes) is 6. The first kappa shape index (κ1) is 25.1. The van der Waals surface area contributed by atoms with E-state index in [4.69, 9.17) is 9.47 Å². The molecular weight excluding hydrogens is 414 g/mol. The second-order valence-electron chi connectivity index (χ2n) is 8.98. The molecule has 1 unspecified atom stereocenters. The number of hydrogen-bond acceptors (Lipinski definition) is 5. The number of aromatic nitrogens is 2. The highest BCUT2D eigenvalue weighted by atomic mass is 16.5. The summed E-state index contributed by atoms with van der Waals surface area (Å²) in [4.78, 5) is 18.4. The Morgan fingerprint density at radius 2 is 1.91 bits per heavy atom. The second kappa shape index (κ2) is 13.9. The van der Waals surface area contributed by atoms with Gasteiger partial charge in [0.1, 0.15) is 5.75 Å². The van der Waals surface area contributed by atoms with Crippen LogP contribution in [-0.2, 0) is 16.1 Å². The molecule has 182 valence electrons. The molecule has 2 heterocycles. The third-order valence-corrected chi connectivity index (χ3v) is 6.42. The highest BCUT2D eigenvalue weighted by Gasteiger charge is 2.29. The molecule has 0 saturated carbocycles. The maximum atomic E-state index is 11.9. The molecule has 0 saturated heterocycles. The largest absolute Gasteiger partial charge is 0.494 e. The van der Waals surface area contributed by atoms with Gasteiger partial charge in [0.15, 0.2) is 0 Å². The van der Waals surface area contributed by atoms with Crippen LogP contribution in [0, 0.1) is 0 Å². The molecule has 1 atom stereocenters. The molecule has 6 heteroatoms. The normalized spacial score (nSPS) is 15.0. The number of rotatable bonds is 16. The Balaban J connectivity index is 1.55. The number of anilines is 1. The van der Waals surface area contributed by atoms with Crippen molar-refractivity contribution in [1.82, 2.24) is 9.55 Å². The summed E-state index contributed by atoms with van der Waals surface area (Å²) in [6.45, 7) is 7.85. The average molecular weight is 456 g/mol. The van der Waals surface area contributed by atoms with Crippen LogP contribution < -0.4 is 9.64 Å². The minimum absolute atomic E-state index is 0.129. The zero-order chi connectivity index (χ0) is 23.3. The second-order valence-corrected chi connectivity index (χ2v) is 8.98. The lowest BCUT2D eigenvalue weighted by molar-refractivity contribution is -0.142. The maximum absolute atomic E-state index is 11.9. The molecule has 1 aliphatic heterocycles. The molecule has 0 amide bonds. The van der Waals surface area contributed by atoms with Crippen LogP contribution in [0.2, 0.25) is 0 Å². The number of hydrogen-bond donors (Lipinski definition) is 0. The molecule has 1 aliphatic rings. The lowest BCUT2D eigenvalue weighted by atomic mass is 9.97. The highest BCUT2D eigenvalue weighted by molar-refractivity contribution is 5.71. The standard InChI is InChI=1S/C27H41N3O3/c1-3-5-6-7-8-9-10-19-33-24-11-12-26-25(20-24)23(13-16-29-18-15-28-22-29)21-30(26)17-14-27(31)32-4-2/h11-12,15,18,20,22-23H,3-10,13-14,16-17,19,21H2,1-2H3. The molecule has 1 aromatic carbocycles. The fourth-order valence-corrected chi connectivity index (χ4v) is 4.59. The van der Waals surface area contributed by atoms with Gasteiger partial charge < -0.3 is 18.9 Å².